The Kier molecular flexibility index (Phi) is 4.86. The van der Waals surface area contributed by atoms with Crippen LogP contribution in [0.2, 0.25) is 0 Å². The minimum atomic E-state index is 0. The van der Waals surface area contributed by atoms with Crippen LogP contribution in [0.1, 0.15) is 24.1 Å². The molecule has 1 aromatic rings. The second-order valence-electron chi connectivity index (χ2n) is 3.83. The number of hydrogen-bond donors (Lipinski definition) is 1. The zero-order valence-corrected chi connectivity index (χ0v) is 12.2. The first-order chi connectivity index (χ1) is 7.26. The van der Waals surface area contributed by atoms with Gasteiger partial charge in [0.05, 0.1) is 14.2 Å². The molecule has 0 fully saturated rings. The Hall–Kier alpha value is -0.490. The maximum atomic E-state index is 5.30. The maximum Gasteiger partial charge on any atom is 0.161 e. The highest BCUT2D eigenvalue weighted by atomic mass is 127. The van der Waals surface area contributed by atoms with Gasteiger partial charge in [0.1, 0.15) is 0 Å². The molecule has 1 heterocycles. The summed E-state index contributed by atoms with van der Waals surface area (Å²) in [6.45, 7) is 3.20. The third-order valence-corrected chi connectivity index (χ3v) is 2.96. The summed E-state index contributed by atoms with van der Waals surface area (Å²) in [5, 5.41) is 3.43. The normalized spacial score (nSPS) is 18.3. The third-order valence-electron chi connectivity index (χ3n) is 2.96. The molecule has 1 aromatic carbocycles. The molecule has 1 N–H and O–H groups in total. The minimum Gasteiger partial charge on any atom is -0.493 e. The van der Waals surface area contributed by atoms with Gasteiger partial charge in [-0.05, 0) is 43.1 Å². The Morgan fingerprint density at radius 1 is 1.19 bits per heavy atom. The highest BCUT2D eigenvalue weighted by Gasteiger charge is 2.18. The molecule has 3 nitrogen and oxygen atoms in total. The van der Waals surface area contributed by atoms with Crippen LogP contribution < -0.4 is 14.8 Å². The van der Waals surface area contributed by atoms with Crippen LogP contribution in [-0.2, 0) is 6.42 Å². The fraction of sp³-hybridized carbons (Fsp3) is 0.500. The molecule has 0 bridgehead atoms. The standard InChI is InChI=1S/C12H17NO2.HI/c1-8-10-7-12(15-3)11(14-2)6-9(10)4-5-13-8;/h6-8,13H,4-5H2,1-3H3;1H. The van der Waals surface area contributed by atoms with Crippen LogP contribution in [0.5, 0.6) is 11.5 Å². The van der Waals surface area contributed by atoms with Crippen molar-refractivity contribution in [1.29, 1.82) is 0 Å². The van der Waals surface area contributed by atoms with Crippen molar-refractivity contribution >= 4 is 24.0 Å². The minimum absolute atomic E-state index is 0. The van der Waals surface area contributed by atoms with E-state index in [0.29, 0.717) is 6.04 Å². The summed E-state index contributed by atoms with van der Waals surface area (Å²) in [6, 6.07) is 4.56. The zero-order valence-electron chi connectivity index (χ0n) is 9.87. The summed E-state index contributed by atoms with van der Waals surface area (Å²) >= 11 is 0. The summed E-state index contributed by atoms with van der Waals surface area (Å²) in [7, 11) is 3.35. The predicted octanol–water partition coefficient (Wildman–Crippen LogP) is 2.53. The summed E-state index contributed by atoms with van der Waals surface area (Å²) < 4.78 is 10.6. The van der Waals surface area contributed by atoms with E-state index >= 15 is 0 Å². The molecule has 1 unspecified atom stereocenters. The molecular formula is C12H18INO2. The van der Waals surface area contributed by atoms with Crippen molar-refractivity contribution in [2.24, 2.45) is 0 Å². The van der Waals surface area contributed by atoms with Crippen LogP contribution in [0, 0.1) is 0 Å². The smallest absolute Gasteiger partial charge is 0.161 e. The van der Waals surface area contributed by atoms with Gasteiger partial charge in [-0.2, -0.15) is 0 Å². The van der Waals surface area contributed by atoms with Crippen LogP contribution in [0.3, 0.4) is 0 Å². The number of ether oxygens (including phenoxy) is 2. The van der Waals surface area contributed by atoms with Gasteiger partial charge in [-0.15, -0.1) is 24.0 Å². The molecule has 0 spiro atoms. The number of halogens is 1. The van der Waals surface area contributed by atoms with Crippen molar-refractivity contribution in [3.63, 3.8) is 0 Å². The summed E-state index contributed by atoms with van der Waals surface area (Å²) in [5.74, 6) is 1.64. The van der Waals surface area contributed by atoms with E-state index < -0.39 is 0 Å². The quantitative estimate of drug-likeness (QED) is 0.843. The van der Waals surface area contributed by atoms with Crippen LogP contribution in [0.15, 0.2) is 12.1 Å². The van der Waals surface area contributed by atoms with E-state index in [2.05, 4.69) is 24.4 Å². The van der Waals surface area contributed by atoms with E-state index in [0.717, 1.165) is 24.5 Å². The van der Waals surface area contributed by atoms with Gasteiger partial charge in [-0.3, -0.25) is 0 Å². The van der Waals surface area contributed by atoms with Crippen molar-refractivity contribution in [3.8, 4) is 11.5 Å². The van der Waals surface area contributed by atoms with Gasteiger partial charge in [0.15, 0.2) is 11.5 Å². The average molecular weight is 335 g/mol. The van der Waals surface area contributed by atoms with E-state index in [-0.39, 0.29) is 24.0 Å². The van der Waals surface area contributed by atoms with E-state index in [1.165, 1.54) is 11.1 Å². The molecule has 90 valence electrons. The molecule has 16 heavy (non-hydrogen) atoms. The zero-order chi connectivity index (χ0) is 10.8. The Morgan fingerprint density at radius 3 is 2.44 bits per heavy atom. The lowest BCUT2D eigenvalue weighted by molar-refractivity contribution is 0.352. The van der Waals surface area contributed by atoms with Gasteiger partial charge in [-0.25, -0.2) is 0 Å². The van der Waals surface area contributed by atoms with Gasteiger partial charge in [0.2, 0.25) is 0 Å². The first-order valence-corrected chi connectivity index (χ1v) is 5.24. The number of rotatable bonds is 2. The molecule has 0 saturated carbocycles. The van der Waals surface area contributed by atoms with Crippen molar-refractivity contribution in [1.82, 2.24) is 5.32 Å². The molecule has 1 aliphatic heterocycles. The van der Waals surface area contributed by atoms with Crippen molar-refractivity contribution in [2.75, 3.05) is 20.8 Å². The lowest BCUT2D eigenvalue weighted by Crippen LogP contribution is -2.27. The Balaban J connectivity index is 0.00000128. The van der Waals surface area contributed by atoms with Gasteiger partial charge >= 0.3 is 0 Å². The number of methoxy groups -OCH3 is 2. The molecule has 0 aliphatic carbocycles. The highest BCUT2D eigenvalue weighted by molar-refractivity contribution is 14.0. The number of nitrogens with one attached hydrogen (secondary N) is 1. The fourth-order valence-electron chi connectivity index (χ4n) is 2.09. The molecule has 0 radical (unpaired) electrons. The van der Waals surface area contributed by atoms with Gasteiger partial charge in [-0.1, -0.05) is 0 Å². The Bertz CT molecular complexity index is 368. The highest BCUT2D eigenvalue weighted by Crippen LogP contribution is 2.34. The molecule has 1 atom stereocenters. The fourth-order valence-corrected chi connectivity index (χ4v) is 2.09. The molecule has 0 saturated heterocycles. The molecule has 4 heteroatoms. The summed E-state index contributed by atoms with van der Waals surface area (Å²) in [5.41, 5.74) is 2.68. The van der Waals surface area contributed by atoms with Crippen LogP contribution >= 0.6 is 24.0 Å². The maximum absolute atomic E-state index is 5.30. The first kappa shape index (κ1) is 13.6. The third kappa shape index (κ3) is 2.43. The van der Waals surface area contributed by atoms with Crippen LogP contribution in [-0.4, -0.2) is 20.8 Å². The van der Waals surface area contributed by atoms with E-state index in [1.54, 1.807) is 14.2 Å². The first-order valence-electron chi connectivity index (χ1n) is 5.24. The second-order valence-corrected chi connectivity index (χ2v) is 3.83. The Morgan fingerprint density at radius 2 is 1.81 bits per heavy atom. The van der Waals surface area contributed by atoms with Gasteiger partial charge < -0.3 is 14.8 Å². The monoisotopic (exact) mass is 335 g/mol. The SMILES string of the molecule is COc1cc2c(cc1OC)C(C)NCC2.I. The number of fused-ring (bicyclic) bond motifs is 1. The number of benzene rings is 1. The predicted molar refractivity (Wildman–Crippen MR) is 75.1 cm³/mol. The van der Waals surface area contributed by atoms with Crippen molar-refractivity contribution in [2.45, 2.75) is 19.4 Å². The lowest BCUT2D eigenvalue weighted by Gasteiger charge is -2.25. The molecule has 1 aliphatic rings. The topological polar surface area (TPSA) is 30.5 Å². The lowest BCUT2D eigenvalue weighted by atomic mass is 9.94. The summed E-state index contributed by atoms with van der Waals surface area (Å²) in [4.78, 5) is 0. The summed E-state index contributed by atoms with van der Waals surface area (Å²) in [6.07, 6.45) is 1.06. The van der Waals surface area contributed by atoms with E-state index in [1.807, 2.05) is 0 Å². The van der Waals surface area contributed by atoms with Crippen molar-refractivity contribution < 1.29 is 9.47 Å². The largest absolute Gasteiger partial charge is 0.493 e. The molecule has 0 amide bonds. The Labute approximate surface area is 114 Å². The number of hydrogen-bond acceptors (Lipinski definition) is 3. The molecule has 0 aromatic heterocycles. The average Bonchev–Trinajstić information content (AvgIpc) is 2.28. The van der Waals surface area contributed by atoms with Crippen LogP contribution in [0.4, 0.5) is 0 Å². The molecule has 2 rings (SSSR count). The van der Waals surface area contributed by atoms with E-state index in [4.69, 9.17) is 9.47 Å². The molecular weight excluding hydrogens is 317 g/mol. The van der Waals surface area contributed by atoms with Gasteiger partial charge in [0, 0.05) is 6.04 Å². The van der Waals surface area contributed by atoms with Crippen molar-refractivity contribution in [3.05, 3.63) is 23.3 Å². The van der Waals surface area contributed by atoms with E-state index in [9.17, 15) is 0 Å². The van der Waals surface area contributed by atoms with Crippen LogP contribution in [0.25, 0.3) is 0 Å². The van der Waals surface area contributed by atoms with Gasteiger partial charge in [0.25, 0.3) is 0 Å². The second kappa shape index (κ2) is 5.72.